The smallest absolute Gasteiger partial charge is 0.309 e. The molecule has 0 unspecified atom stereocenters. The quantitative estimate of drug-likeness (QED) is 0.668. The number of hydrogen-bond acceptors (Lipinski definition) is 4. The van der Waals surface area contributed by atoms with E-state index in [1.165, 1.54) is 31.4 Å². The molecule has 0 radical (unpaired) electrons. The Balaban J connectivity index is 1.46. The van der Waals surface area contributed by atoms with Crippen molar-refractivity contribution in [3.05, 3.63) is 24.0 Å². The summed E-state index contributed by atoms with van der Waals surface area (Å²) in [5.74, 6) is 2.76. The summed E-state index contributed by atoms with van der Waals surface area (Å²) >= 11 is 0. The van der Waals surface area contributed by atoms with Gasteiger partial charge in [-0.25, -0.2) is 4.58 Å². The fourth-order valence-corrected chi connectivity index (χ4v) is 3.13. The Morgan fingerprint density at radius 3 is 2.90 bits per heavy atom. The van der Waals surface area contributed by atoms with Crippen molar-refractivity contribution in [1.29, 1.82) is 0 Å². The summed E-state index contributed by atoms with van der Waals surface area (Å²) in [5.41, 5.74) is 1.95. The highest BCUT2D eigenvalue weighted by atomic mass is 15.2. The van der Waals surface area contributed by atoms with Gasteiger partial charge in [0, 0.05) is 30.5 Å². The summed E-state index contributed by atoms with van der Waals surface area (Å²) in [6.45, 7) is 3.78. The maximum Gasteiger partial charge on any atom is 0.434 e. The highest BCUT2D eigenvalue weighted by Gasteiger charge is 2.53. The Bertz CT molecular complexity index is 692. The van der Waals surface area contributed by atoms with E-state index in [1.54, 1.807) is 10.8 Å². The minimum Gasteiger partial charge on any atom is -0.309 e. The molecule has 2 heterocycles. The van der Waals surface area contributed by atoms with Gasteiger partial charge < -0.3 is 5.32 Å². The number of hydrogen-bond donors (Lipinski definition) is 2. The topological polar surface area (TPSA) is 69.5 Å². The molecule has 2 aromatic heterocycles. The van der Waals surface area contributed by atoms with Crippen LogP contribution in [0.2, 0.25) is 0 Å². The standard InChI is InChI=1S/C15H19N6/c1-21(2)14-16-6-3-12(18-14)17-13-7-11(19-20-13)10-8-15(9-10)4-5-15/h3,6-7,10H,1,4-5,8-9H2,2H3,(H2,16,17,18,19,20)/q+1. The molecule has 2 aliphatic carbocycles. The van der Waals surface area contributed by atoms with Crippen LogP contribution >= 0.6 is 0 Å². The summed E-state index contributed by atoms with van der Waals surface area (Å²) in [4.78, 5) is 8.52. The van der Waals surface area contributed by atoms with Crippen molar-refractivity contribution >= 4 is 24.3 Å². The third-order valence-corrected chi connectivity index (χ3v) is 4.59. The lowest BCUT2D eigenvalue weighted by Gasteiger charge is -2.34. The first kappa shape index (κ1) is 12.5. The monoisotopic (exact) mass is 283 g/mol. The summed E-state index contributed by atoms with van der Waals surface area (Å²) < 4.78 is 1.63. The van der Waals surface area contributed by atoms with E-state index in [9.17, 15) is 0 Å². The Labute approximate surface area is 123 Å². The molecule has 0 saturated heterocycles. The Kier molecular flexibility index (Phi) is 2.60. The lowest BCUT2D eigenvalue weighted by molar-refractivity contribution is -0.403. The van der Waals surface area contributed by atoms with Crippen molar-refractivity contribution in [2.45, 2.75) is 31.6 Å². The van der Waals surface area contributed by atoms with Gasteiger partial charge in [0.05, 0.1) is 7.05 Å². The summed E-state index contributed by atoms with van der Waals surface area (Å²) in [5, 5.41) is 10.7. The van der Waals surface area contributed by atoms with Crippen molar-refractivity contribution in [1.82, 2.24) is 20.2 Å². The molecule has 2 fully saturated rings. The number of H-pyrrole nitrogens is 1. The van der Waals surface area contributed by atoms with Crippen LogP contribution in [0.25, 0.3) is 0 Å². The van der Waals surface area contributed by atoms with E-state index in [4.69, 9.17) is 0 Å². The van der Waals surface area contributed by atoms with Crippen molar-refractivity contribution < 1.29 is 4.58 Å². The average molecular weight is 283 g/mol. The number of rotatable bonds is 4. The second-order valence-electron chi connectivity index (χ2n) is 6.38. The molecule has 0 atom stereocenters. The van der Waals surface area contributed by atoms with Gasteiger partial charge in [-0.3, -0.25) is 5.10 Å². The molecule has 108 valence electrons. The molecule has 0 aromatic carbocycles. The molecular weight excluding hydrogens is 264 g/mol. The van der Waals surface area contributed by atoms with Gasteiger partial charge in [-0.05, 0) is 36.1 Å². The fraction of sp³-hybridized carbons (Fsp3) is 0.467. The Morgan fingerprint density at radius 1 is 1.38 bits per heavy atom. The van der Waals surface area contributed by atoms with E-state index in [2.05, 4.69) is 38.3 Å². The van der Waals surface area contributed by atoms with Crippen LogP contribution in [0.1, 0.15) is 37.3 Å². The van der Waals surface area contributed by atoms with Crippen molar-refractivity contribution in [2.75, 3.05) is 12.4 Å². The minimum atomic E-state index is 0.574. The van der Waals surface area contributed by atoms with Crippen LogP contribution in [-0.2, 0) is 0 Å². The molecule has 6 nitrogen and oxygen atoms in total. The first-order valence-electron chi connectivity index (χ1n) is 7.33. The van der Waals surface area contributed by atoms with Gasteiger partial charge in [-0.1, -0.05) is 4.98 Å². The number of aromatic nitrogens is 4. The Morgan fingerprint density at radius 2 is 2.19 bits per heavy atom. The zero-order chi connectivity index (χ0) is 14.4. The van der Waals surface area contributed by atoms with Gasteiger partial charge in [-0.2, -0.15) is 5.10 Å². The molecule has 0 bridgehead atoms. The molecule has 2 aliphatic rings. The first-order chi connectivity index (χ1) is 10.1. The molecule has 0 aliphatic heterocycles. The summed E-state index contributed by atoms with van der Waals surface area (Å²) in [6.07, 6.45) is 7.19. The normalized spacial score (nSPS) is 19.3. The molecule has 2 N–H and O–H groups in total. The maximum absolute atomic E-state index is 4.38. The highest BCUT2D eigenvalue weighted by molar-refractivity contribution is 5.52. The SMILES string of the molecule is C=[N+](C)c1nccc(Nc2cc(C3CC4(CC4)C3)[nH]n2)n1. The van der Waals surface area contributed by atoms with Gasteiger partial charge >= 0.3 is 5.95 Å². The molecule has 1 spiro atoms. The third kappa shape index (κ3) is 2.30. The van der Waals surface area contributed by atoms with Gasteiger partial charge in [-0.15, -0.1) is 0 Å². The molecular formula is C15H19N6+. The largest absolute Gasteiger partial charge is 0.434 e. The number of nitrogens with zero attached hydrogens (tertiary/aromatic N) is 4. The second-order valence-corrected chi connectivity index (χ2v) is 6.38. The highest BCUT2D eigenvalue weighted by Crippen LogP contribution is 2.66. The van der Waals surface area contributed by atoms with Gasteiger partial charge in [0.2, 0.25) is 5.82 Å². The molecule has 2 aromatic rings. The van der Waals surface area contributed by atoms with Crippen LogP contribution in [0.3, 0.4) is 0 Å². The van der Waals surface area contributed by atoms with E-state index < -0.39 is 0 Å². The van der Waals surface area contributed by atoms with E-state index in [0.717, 1.165) is 11.6 Å². The predicted molar refractivity (Wildman–Crippen MR) is 80.5 cm³/mol. The summed E-state index contributed by atoms with van der Waals surface area (Å²) in [7, 11) is 1.82. The molecule has 21 heavy (non-hydrogen) atoms. The van der Waals surface area contributed by atoms with Crippen LogP contribution in [0.4, 0.5) is 17.6 Å². The lowest BCUT2D eigenvalue weighted by Crippen LogP contribution is -2.23. The van der Waals surface area contributed by atoms with Crippen LogP contribution < -0.4 is 5.32 Å². The first-order valence-corrected chi connectivity index (χ1v) is 7.33. The summed E-state index contributed by atoms with van der Waals surface area (Å²) in [6, 6.07) is 3.92. The number of aromatic amines is 1. The van der Waals surface area contributed by atoms with Crippen molar-refractivity contribution in [3.63, 3.8) is 0 Å². The number of anilines is 2. The van der Waals surface area contributed by atoms with Gasteiger partial charge in [0.25, 0.3) is 0 Å². The lowest BCUT2D eigenvalue weighted by atomic mass is 9.70. The van der Waals surface area contributed by atoms with Crippen molar-refractivity contribution in [3.8, 4) is 0 Å². The number of nitrogens with one attached hydrogen (secondary N) is 2. The van der Waals surface area contributed by atoms with Crippen LogP contribution in [0.15, 0.2) is 18.3 Å². The van der Waals surface area contributed by atoms with Gasteiger partial charge in [0.15, 0.2) is 5.82 Å². The van der Waals surface area contributed by atoms with E-state index in [-0.39, 0.29) is 0 Å². The predicted octanol–water partition coefficient (Wildman–Crippen LogP) is 2.58. The second kappa shape index (κ2) is 4.38. The average Bonchev–Trinajstić information content (AvgIpc) is 3.12. The molecule has 6 heteroatoms. The third-order valence-electron chi connectivity index (χ3n) is 4.59. The van der Waals surface area contributed by atoms with Crippen LogP contribution in [-0.4, -0.2) is 38.5 Å². The van der Waals surface area contributed by atoms with Crippen LogP contribution in [0, 0.1) is 5.41 Å². The zero-order valence-corrected chi connectivity index (χ0v) is 12.1. The zero-order valence-electron chi connectivity index (χ0n) is 12.1. The maximum atomic E-state index is 4.38. The van der Waals surface area contributed by atoms with E-state index in [0.29, 0.717) is 17.3 Å². The van der Waals surface area contributed by atoms with Crippen molar-refractivity contribution in [2.24, 2.45) is 5.41 Å². The molecule has 4 rings (SSSR count). The van der Waals surface area contributed by atoms with Crippen LogP contribution in [0.5, 0.6) is 0 Å². The minimum absolute atomic E-state index is 0.574. The fourth-order valence-electron chi connectivity index (χ4n) is 3.13. The van der Waals surface area contributed by atoms with E-state index in [1.807, 2.05) is 13.1 Å². The van der Waals surface area contributed by atoms with E-state index >= 15 is 0 Å². The molecule has 2 saturated carbocycles. The Hall–Kier alpha value is -2.24. The van der Waals surface area contributed by atoms with Gasteiger partial charge in [0.1, 0.15) is 6.20 Å². The molecule has 0 amide bonds.